The van der Waals surface area contributed by atoms with Crippen molar-refractivity contribution in [3.63, 3.8) is 0 Å². The molecule has 1 aliphatic rings. The van der Waals surface area contributed by atoms with Gasteiger partial charge in [0.15, 0.2) is 0 Å². The van der Waals surface area contributed by atoms with Crippen molar-refractivity contribution >= 4 is 6.08 Å². The van der Waals surface area contributed by atoms with Gasteiger partial charge in [-0.15, -0.1) is 0 Å². The Balaban J connectivity index is 1.83. The van der Waals surface area contributed by atoms with E-state index in [1.807, 2.05) is 12.1 Å². The van der Waals surface area contributed by atoms with E-state index in [4.69, 9.17) is 4.74 Å². The molecule has 2 rings (SSSR count). The van der Waals surface area contributed by atoms with Crippen LogP contribution in [0.2, 0.25) is 0 Å². The van der Waals surface area contributed by atoms with Gasteiger partial charge in [0.05, 0.1) is 6.10 Å². The van der Waals surface area contributed by atoms with Crippen LogP contribution in [0.25, 0.3) is 6.08 Å². The van der Waals surface area contributed by atoms with E-state index in [0.717, 1.165) is 44.8 Å². The van der Waals surface area contributed by atoms with Crippen molar-refractivity contribution in [3.8, 4) is 0 Å². The number of hydrogen-bond acceptors (Lipinski definition) is 1. The summed E-state index contributed by atoms with van der Waals surface area (Å²) in [7, 11) is 0. The van der Waals surface area contributed by atoms with Crippen LogP contribution in [0.1, 0.15) is 62.5 Å². The Labute approximate surface area is 126 Å². The molecule has 21 heavy (non-hydrogen) atoms. The molecule has 1 aliphatic carbocycles. The minimum absolute atomic E-state index is 0.413. The van der Waals surface area contributed by atoms with E-state index >= 15 is 0 Å². The Morgan fingerprint density at radius 3 is 2.38 bits per heavy atom. The molecule has 116 valence electrons. The molecular formula is C18H24F2O. The van der Waals surface area contributed by atoms with Gasteiger partial charge in [0.2, 0.25) is 0 Å². The van der Waals surface area contributed by atoms with Gasteiger partial charge in [-0.2, -0.15) is 8.78 Å². The van der Waals surface area contributed by atoms with Crippen LogP contribution in [0, 0.1) is 0 Å². The van der Waals surface area contributed by atoms with Crippen molar-refractivity contribution in [3.05, 3.63) is 41.5 Å². The molecule has 0 unspecified atom stereocenters. The summed E-state index contributed by atoms with van der Waals surface area (Å²) in [6.07, 6.45) is 6.46. The first-order chi connectivity index (χ1) is 10.2. The zero-order chi connectivity index (χ0) is 15.1. The Hall–Kier alpha value is -1.22. The van der Waals surface area contributed by atoms with Crippen LogP contribution in [0.4, 0.5) is 8.78 Å². The predicted molar refractivity (Wildman–Crippen MR) is 82.5 cm³/mol. The molecule has 1 fully saturated rings. The van der Waals surface area contributed by atoms with E-state index in [1.165, 1.54) is 12.0 Å². The van der Waals surface area contributed by atoms with E-state index in [-0.39, 0.29) is 0 Å². The highest BCUT2D eigenvalue weighted by Gasteiger charge is 2.22. The summed E-state index contributed by atoms with van der Waals surface area (Å²) in [5.74, 6) is 0.546. The second kappa shape index (κ2) is 8.28. The number of unbranched alkanes of at least 4 members (excludes halogenated alkanes) is 1. The number of halogens is 2. The molecule has 0 N–H and O–H groups in total. The maximum atomic E-state index is 12.2. The van der Waals surface area contributed by atoms with Gasteiger partial charge in [0.1, 0.15) is 0 Å². The summed E-state index contributed by atoms with van der Waals surface area (Å²) < 4.78 is 30.3. The zero-order valence-electron chi connectivity index (χ0n) is 12.7. The van der Waals surface area contributed by atoms with Gasteiger partial charge in [-0.1, -0.05) is 37.6 Å². The zero-order valence-corrected chi connectivity index (χ0v) is 12.7. The first-order valence-corrected chi connectivity index (χ1v) is 7.93. The molecule has 0 aliphatic heterocycles. The molecule has 0 heterocycles. The standard InChI is InChI=1S/C18H24F2O/c1-2-3-12-21-17-10-8-16(9-11-17)15-6-4-14(5-7-15)13-18(19)20/h4-7,13,16-17H,2-3,8-12H2,1H3. The van der Waals surface area contributed by atoms with Crippen molar-refractivity contribution in [1.29, 1.82) is 0 Å². The lowest BCUT2D eigenvalue weighted by Gasteiger charge is -2.29. The van der Waals surface area contributed by atoms with Gasteiger partial charge >= 0.3 is 0 Å². The molecular weight excluding hydrogens is 270 g/mol. The summed E-state index contributed by atoms with van der Waals surface area (Å²) in [6.45, 7) is 3.05. The van der Waals surface area contributed by atoms with E-state index in [9.17, 15) is 8.78 Å². The average molecular weight is 294 g/mol. The molecule has 0 spiro atoms. The van der Waals surface area contributed by atoms with Crippen molar-refractivity contribution < 1.29 is 13.5 Å². The van der Waals surface area contributed by atoms with Crippen molar-refractivity contribution in [2.75, 3.05) is 6.61 Å². The maximum absolute atomic E-state index is 12.2. The smallest absolute Gasteiger partial charge is 0.270 e. The molecule has 0 amide bonds. The molecule has 1 nitrogen and oxygen atoms in total. The highest BCUT2D eigenvalue weighted by molar-refractivity contribution is 5.50. The second-order valence-electron chi connectivity index (χ2n) is 5.80. The summed E-state index contributed by atoms with van der Waals surface area (Å²) in [5.41, 5.74) is 1.83. The average Bonchev–Trinajstić information content (AvgIpc) is 2.49. The third-order valence-corrected chi connectivity index (χ3v) is 4.21. The van der Waals surface area contributed by atoms with Crippen LogP contribution in [-0.2, 0) is 4.74 Å². The highest BCUT2D eigenvalue weighted by Crippen LogP contribution is 2.34. The van der Waals surface area contributed by atoms with Crippen molar-refractivity contribution in [2.24, 2.45) is 0 Å². The van der Waals surface area contributed by atoms with Crippen LogP contribution in [0.15, 0.2) is 30.3 Å². The largest absolute Gasteiger partial charge is 0.378 e. The van der Waals surface area contributed by atoms with Crippen LogP contribution in [0.5, 0.6) is 0 Å². The minimum Gasteiger partial charge on any atom is -0.378 e. The second-order valence-corrected chi connectivity index (χ2v) is 5.80. The molecule has 1 aromatic rings. The van der Waals surface area contributed by atoms with Gasteiger partial charge < -0.3 is 4.74 Å². The first-order valence-electron chi connectivity index (χ1n) is 7.93. The normalized spacial score (nSPS) is 22.0. The number of benzene rings is 1. The van der Waals surface area contributed by atoms with E-state index < -0.39 is 6.08 Å². The monoisotopic (exact) mass is 294 g/mol. The predicted octanol–water partition coefficient (Wildman–Crippen LogP) is 5.77. The van der Waals surface area contributed by atoms with Gasteiger partial charge in [-0.05, 0) is 49.1 Å². The van der Waals surface area contributed by atoms with Gasteiger partial charge in [0, 0.05) is 12.7 Å². The SMILES string of the molecule is CCCCOC1CCC(c2ccc(C=C(F)F)cc2)CC1. The molecule has 3 heteroatoms. The van der Waals surface area contributed by atoms with Gasteiger partial charge in [-0.25, -0.2) is 0 Å². The fourth-order valence-electron chi connectivity index (χ4n) is 2.95. The lowest BCUT2D eigenvalue weighted by molar-refractivity contribution is 0.0232. The van der Waals surface area contributed by atoms with E-state index in [0.29, 0.717) is 17.6 Å². The quantitative estimate of drug-likeness (QED) is 0.605. The Morgan fingerprint density at radius 1 is 1.14 bits per heavy atom. The van der Waals surface area contributed by atoms with Crippen molar-refractivity contribution in [2.45, 2.75) is 57.5 Å². The molecule has 1 aromatic carbocycles. The van der Waals surface area contributed by atoms with E-state index in [1.54, 1.807) is 12.1 Å². The van der Waals surface area contributed by atoms with Gasteiger partial charge in [-0.3, -0.25) is 0 Å². The fraction of sp³-hybridized carbons (Fsp3) is 0.556. The van der Waals surface area contributed by atoms with E-state index in [2.05, 4.69) is 6.92 Å². The summed E-state index contributed by atoms with van der Waals surface area (Å²) in [4.78, 5) is 0. The third kappa shape index (κ3) is 5.24. The van der Waals surface area contributed by atoms with Crippen molar-refractivity contribution in [1.82, 2.24) is 0 Å². The molecule has 0 aromatic heterocycles. The van der Waals surface area contributed by atoms with Gasteiger partial charge in [0.25, 0.3) is 6.08 Å². The van der Waals surface area contributed by atoms with Crippen LogP contribution in [0.3, 0.4) is 0 Å². The molecule has 0 atom stereocenters. The number of hydrogen-bond donors (Lipinski definition) is 0. The number of rotatable bonds is 6. The Morgan fingerprint density at radius 2 is 1.81 bits per heavy atom. The lowest BCUT2D eigenvalue weighted by atomic mass is 9.82. The minimum atomic E-state index is -1.65. The maximum Gasteiger partial charge on any atom is 0.270 e. The topological polar surface area (TPSA) is 9.23 Å². The lowest BCUT2D eigenvalue weighted by Crippen LogP contribution is -2.21. The molecule has 1 saturated carbocycles. The first kappa shape index (κ1) is 16.2. The number of ether oxygens (including phenoxy) is 1. The summed E-state index contributed by atoms with van der Waals surface area (Å²) >= 11 is 0. The van der Waals surface area contributed by atoms with Crippen LogP contribution in [-0.4, -0.2) is 12.7 Å². The Bertz CT molecular complexity index is 441. The third-order valence-electron chi connectivity index (χ3n) is 4.21. The van der Waals surface area contributed by atoms with Crippen LogP contribution < -0.4 is 0 Å². The summed E-state index contributed by atoms with van der Waals surface area (Å²) in [5, 5.41) is 0. The molecule has 0 bridgehead atoms. The molecule has 0 saturated heterocycles. The highest BCUT2D eigenvalue weighted by atomic mass is 19.3. The van der Waals surface area contributed by atoms with Crippen LogP contribution >= 0.6 is 0 Å². The Kier molecular flexibility index (Phi) is 6.37. The molecule has 0 radical (unpaired) electrons. The summed E-state index contributed by atoms with van der Waals surface area (Å²) in [6, 6.07) is 7.52. The fourth-order valence-corrected chi connectivity index (χ4v) is 2.95.